The fourth-order valence-corrected chi connectivity index (χ4v) is 0.837. The summed E-state index contributed by atoms with van der Waals surface area (Å²) in [4.78, 5) is 4.02. The first kappa shape index (κ1) is 9.15. The molecule has 0 aliphatic carbocycles. The van der Waals surface area contributed by atoms with E-state index < -0.39 is 0 Å². The molecule has 1 aromatic heterocycles. The van der Waals surface area contributed by atoms with Crippen molar-refractivity contribution in [1.82, 2.24) is 10.1 Å². The summed E-state index contributed by atoms with van der Waals surface area (Å²) < 4.78 is 10.2. The van der Waals surface area contributed by atoms with Gasteiger partial charge in [-0.1, -0.05) is 5.16 Å². The fraction of sp³-hybridized carbons (Fsp3) is 0.714. The Kier molecular flexibility index (Phi) is 3.19. The average molecular weight is 171 g/mol. The molecule has 0 spiro atoms. The molecule has 0 aliphatic heterocycles. The van der Waals surface area contributed by atoms with Crippen LogP contribution in [0, 0.1) is 0 Å². The van der Waals surface area contributed by atoms with Gasteiger partial charge in [-0.15, -0.1) is 0 Å². The van der Waals surface area contributed by atoms with E-state index in [1.807, 2.05) is 13.8 Å². The third kappa shape index (κ3) is 2.02. The highest BCUT2D eigenvalue weighted by Gasteiger charge is 2.12. The zero-order valence-electron chi connectivity index (χ0n) is 7.28. The van der Waals surface area contributed by atoms with Gasteiger partial charge in [-0.3, -0.25) is 0 Å². The van der Waals surface area contributed by atoms with E-state index in [4.69, 9.17) is 15.0 Å². The van der Waals surface area contributed by atoms with Crippen LogP contribution in [-0.2, 0) is 11.3 Å². The molecule has 5 heteroatoms. The first-order chi connectivity index (χ1) is 5.77. The van der Waals surface area contributed by atoms with Gasteiger partial charge >= 0.3 is 0 Å². The molecule has 0 bridgehead atoms. The quantitative estimate of drug-likeness (QED) is 0.719. The molecule has 0 aliphatic rings. The summed E-state index contributed by atoms with van der Waals surface area (Å²) in [6, 6.07) is 0. The summed E-state index contributed by atoms with van der Waals surface area (Å²) in [5, 5.41) is 3.65. The molecule has 1 atom stereocenters. The third-order valence-electron chi connectivity index (χ3n) is 1.43. The van der Waals surface area contributed by atoms with E-state index in [9.17, 15) is 0 Å². The van der Waals surface area contributed by atoms with Crippen LogP contribution < -0.4 is 5.73 Å². The molecular weight excluding hydrogens is 158 g/mol. The molecule has 1 aromatic rings. The highest BCUT2D eigenvalue weighted by atomic mass is 16.5. The summed E-state index contributed by atoms with van der Waals surface area (Å²) in [5.74, 6) is 0.994. The molecule has 1 heterocycles. The van der Waals surface area contributed by atoms with E-state index in [2.05, 4.69) is 10.1 Å². The number of hydrogen-bond donors (Lipinski definition) is 1. The van der Waals surface area contributed by atoms with Crippen molar-refractivity contribution in [1.29, 1.82) is 0 Å². The summed E-state index contributed by atoms with van der Waals surface area (Å²) >= 11 is 0. The number of aromatic nitrogens is 2. The molecule has 0 aromatic carbocycles. The van der Waals surface area contributed by atoms with Crippen molar-refractivity contribution in [2.24, 2.45) is 5.73 Å². The van der Waals surface area contributed by atoms with Crippen LogP contribution in [0.2, 0.25) is 0 Å². The van der Waals surface area contributed by atoms with E-state index in [1.54, 1.807) is 0 Å². The maximum atomic E-state index is 5.31. The molecule has 2 N–H and O–H groups in total. The van der Waals surface area contributed by atoms with Crippen molar-refractivity contribution in [3.8, 4) is 0 Å². The predicted molar refractivity (Wildman–Crippen MR) is 42.2 cm³/mol. The van der Waals surface area contributed by atoms with E-state index >= 15 is 0 Å². The topological polar surface area (TPSA) is 74.2 Å². The van der Waals surface area contributed by atoms with Crippen LogP contribution in [0.1, 0.15) is 31.7 Å². The Morgan fingerprint density at radius 3 is 2.92 bits per heavy atom. The summed E-state index contributed by atoms with van der Waals surface area (Å²) in [7, 11) is 0. The lowest BCUT2D eigenvalue weighted by Crippen LogP contribution is -2.01. The SMILES string of the molecule is CCOC(C)c1nc(CN)no1. The molecular formula is C7H13N3O2. The summed E-state index contributed by atoms with van der Waals surface area (Å²) in [6.45, 7) is 4.69. The van der Waals surface area contributed by atoms with Crippen LogP contribution in [0.15, 0.2) is 4.52 Å². The maximum absolute atomic E-state index is 5.31. The normalized spacial score (nSPS) is 13.2. The average Bonchev–Trinajstić information content (AvgIpc) is 2.52. The summed E-state index contributed by atoms with van der Waals surface area (Å²) in [6.07, 6.45) is -0.150. The van der Waals surface area contributed by atoms with E-state index in [0.29, 0.717) is 24.9 Å². The molecule has 0 radical (unpaired) electrons. The second-order valence-electron chi connectivity index (χ2n) is 2.35. The number of ether oxygens (including phenoxy) is 1. The van der Waals surface area contributed by atoms with Gasteiger partial charge in [0.15, 0.2) is 5.82 Å². The second-order valence-corrected chi connectivity index (χ2v) is 2.35. The van der Waals surface area contributed by atoms with Crippen molar-refractivity contribution < 1.29 is 9.26 Å². The lowest BCUT2D eigenvalue weighted by Gasteiger charge is -2.04. The van der Waals surface area contributed by atoms with Crippen LogP contribution in [-0.4, -0.2) is 16.7 Å². The Hall–Kier alpha value is -0.940. The number of hydrogen-bond acceptors (Lipinski definition) is 5. The van der Waals surface area contributed by atoms with Crippen LogP contribution in [0.25, 0.3) is 0 Å². The smallest absolute Gasteiger partial charge is 0.255 e. The minimum Gasteiger partial charge on any atom is -0.369 e. The van der Waals surface area contributed by atoms with Crippen LogP contribution in [0.5, 0.6) is 0 Å². The van der Waals surface area contributed by atoms with Gasteiger partial charge in [0, 0.05) is 6.61 Å². The molecule has 0 amide bonds. The standard InChI is InChI=1S/C7H13N3O2/c1-3-11-5(2)7-9-6(4-8)10-12-7/h5H,3-4,8H2,1-2H3. The van der Waals surface area contributed by atoms with Crippen molar-refractivity contribution in [2.45, 2.75) is 26.5 Å². The van der Waals surface area contributed by atoms with Crippen molar-refractivity contribution in [3.05, 3.63) is 11.7 Å². The molecule has 12 heavy (non-hydrogen) atoms. The molecule has 68 valence electrons. The van der Waals surface area contributed by atoms with Crippen LogP contribution >= 0.6 is 0 Å². The first-order valence-corrected chi connectivity index (χ1v) is 3.92. The van der Waals surface area contributed by atoms with Gasteiger partial charge in [0.2, 0.25) is 0 Å². The van der Waals surface area contributed by atoms with E-state index in [0.717, 1.165) is 0 Å². The number of nitrogens with two attached hydrogens (primary N) is 1. The Morgan fingerprint density at radius 1 is 1.67 bits per heavy atom. The van der Waals surface area contributed by atoms with Gasteiger partial charge < -0.3 is 15.0 Å². The minimum absolute atomic E-state index is 0.150. The predicted octanol–water partition coefficient (Wildman–Crippen LogP) is 0.626. The molecule has 0 fully saturated rings. The van der Waals surface area contributed by atoms with Crippen molar-refractivity contribution in [2.75, 3.05) is 6.61 Å². The van der Waals surface area contributed by atoms with Crippen molar-refractivity contribution in [3.63, 3.8) is 0 Å². The number of rotatable bonds is 4. The van der Waals surface area contributed by atoms with Gasteiger partial charge in [0.1, 0.15) is 6.10 Å². The molecule has 5 nitrogen and oxygen atoms in total. The van der Waals surface area contributed by atoms with Crippen LogP contribution in [0.3, 0.4) is 0 Å². The Balaban J connectivity index is 2.61. The lowest BCUT2D eigenvalue weighted by atomic mass is 10.4. The summed E-state index contributed by atoms with van der Waals surface area (Å²) in [5.41, 5.74) is 5.31. The third-order valence-corrected chi connectivity index (χ3v) is 1.43. The molecule has 1 unspecified atom stereocenters. The molecule has 0 saturated heterocycles. The van der Waals surface area contributed by atoms with Gasteiger partial charge in [0.25, 0.3) is 5.89 Å². The van der Waals surface area contributed by atoms with E-state index in [-0.39, 0.29) is 6.10 Å². The second kappa shape index (κ2) is 4.18. The van der Waals surface area contributed by atoms with Gasteiger partial charge in [-0.05, 0) is 13.8 Å². The fourth-order valence-electron chi connectivity index (χ4n) is 0.837. The monoisotopic (exact) mass is 171 g/mol. The highest BCUT2D eigenvalue weighted by Crippen LogP contribution is 2.13. The largest absolute Gasteiger partial charge is 0.369 e. The lowest BCUT2D eigenvalue weighted by molar-refractivity contribution is 0.0519. The van der Waals surface area contributed by atoms with Crippen LogP contribution in [0.4, 0.5) is 0 Å². The van der Waals surface area contributed by atoms with Gasteiger partial charge in [0.05, 0.1) is 6.54 Å². The highest BCUT2D eigenvalue weighted by molar-refractivity contribution is 4.87. The zero-order chi connectivity index (χ0) is 8.97. The Bertz CT molecular complexity index is 236. The number of nitrogens with zero attached hydrogens (tertiary/aromatic N) is 2. The minimum atomic E-state index is -0.150. The van der Waals surface area contributed by atoms with Gasteiger partial charge in [-0.2, -0.15) is 4.98 Å². The Morgan fingerprint density at radius 2 is 2.42 bits per heavy atom. The molecule has 0 saturated carbocycles. The maximum Gasteiger partial charge on any atom is 0.255 e. The Labute approximate surface area is 70.9 Å². The zero-order valence-corrected chi connectivity index (χ0v) is 7.28. The van der Waals surface area contributed by atoms with Gasteiger partial charge in [-0.25, -0.2) is 0 Å². The van der Waals surface area contributed by atoms with E-state index in [1.165, 1.54) is 0 Å². The molecule has 1 rings (SSSR count). The van der Waals surface area contributed by atoms with Crippen molar-refractivity contribution >= 4 is 0 Å². The first-order valence-electron chi connectivity index (χ1n) is 3.92.